The van der Waals surface area contributed by atoms with Crippen LogP contribution in [-0.4, -0.2) is 18.2 Å². The molecular formula is C13H16FN3O2S. The van der Waals surface area contributed by atoms with Gasteiger partial charge in [0.05, 0.1) is 11.1 Å². The van der Waals surface area contributed by atoms with Gasteiger partial charge in [0, 0.05) is 12.1 Å². The first-order valence-corrected chi connectivity index (χ1v) is 7.62. The van der Waals surface area contributed by atoms with E-state index in [0.29, 0.717) is 11.4 Å². The molecule has 2 rings (SSSR count). The maximum absolute atomic E-state index is 13.1. The van der Waals surface area contributed by atoms with Crippen LogP contribution in [0.5, 0.6) is 0 Å². The molecule has 5 nitrogen and oxygen atoms in total. The van der Waals surface area contributed by atoms with E-state index < -0.39 is 15.8 Å². The number of hydrogen-bond acceptors (Lipinski definition) is 3. The van der Waals surface area contributed by atoms with Gasteiger partial charge in [0.2, 0.25) is 0 Å². The van der Waals surface area contributed by atoms with Crippen LogP contribution in [0.15, 0.2) is 35.4 Å². The second-order valence-corrected chi connectivity index (χ2v) is 6.42. The predicted molar refractivity (Wildman–Crippen MR) is 74.6 cm³/mol. The Kier molecular flexibility index (Phi) is 3.80. The summed E-state index contributed by atoms with van der Waals surface area (Å²) in [5.74, 6) is -0.0857. The van der Waals surface area contributed by atoms with Gasteiger partial charge >= 0.3 is 0 Å². The first-order valence-electron chi connectivity index (χ1n) is 6.14. The summed E-state index contributed by atoms with van der Waals surface area (Å²) in [6, 6.07) is 5.17. The summed E-state index contributed by atoms with van der Waals surface area (Å²) < 4.78 is 41.8. The zero-order valence-electron chi connectivity index (χ0n) is 11.5. The molecule has 0 saturated carbocycles. The summed E-state index contributed by atoms with van der Waals surface area (Å²) in [6.07, 6.45) is 1.52. The highest BCUT2D eigenvalue weighted by atomic mass is 32.2. The van der Waals surface area contributed by atoms with Crippen molar-refractivity contribution < 1.29 is 12.8 Å². The van der Waals surface area contributed by atoms with E-state index in [4.69, 9.17) is 0 Å². The Balaban J connectivity index is 2.38. The lowest BCUT2D eigenvalue weighted by Gasteiger charge is -2.14. The molecule has 1 aromatic heterocycles. The van der Waals surface area contributed by atoms with Crippen LogP contribution >= 0.6 is 0 Å². The van der Waals surface area contributed by atoms with E-state index in [9.17, 15) is 12.8 Å². The van der Waals surface area contributed by atoms with Gasteiger partial charge in [-0.15, -0.1) is 0 Å². The summed E-state index contributed by atoms with van der Waals surface area (Å²) in [4.78, 5) is 0.0513. The minimum atomic E-state index is -3.76. The number of aryl methyl sites for hydroxylation is 1. The Morgan fingerprint density at radius 3 is 2.60 bits per heavy atom. The number of aromatic nitrogens is 2. The molecular weight excluding hydrogens is 281 g/mol. The number of benzene rings is 1. The Morgan fingerprint density at radius 2 is 2.00 bits per heavy atom. The summed E-state index contributed by atoms with van der Waals surface area (Å²) in [6.45, 7) is 5.35. The fraction of sp³-hybridized carbons (Fsp3) is 0.308. The van der Waals surface area contributed by atoms with Crippen LogP contribution < -0.4 is 4.72 Å². The molecule has 1 N–H and O–H groups in total. The molecule has 1 heterocycles. The van der Waals surface area contributed by atoms with E-state index >= 15 is 0 Å². The fourth-order valence-electron chi connectivity index (χ4n) is 1.91. The average Bonchev–Trinajstić information content (AvgIpc) is 2.75. The molecule has 0 atom stereocenters. The molecule has 0 amide bonds. The van der Waals surface area contributed by atoms with Gasteiger partial charge in [-0.1, -0.05) is 0 Å². The molecule has 7 heteroatoms. The number of rotatable bonds is 4. The first-order chi connectivity index (χ1) is 9.31. The van der Waals surface area contributed by atoms with Crippen LogP contribution in [0.4, 0.5) is 10.2 Å². The van der Waals surface area contributed by atoms with Gasteiger partial charge in [-0.05, 0) is 44.5 Å². The third-order valence-corrected chi connectivity index (χ3v) is 4.34. The molecule has 0 aliphatic heterocycles. The molecule has 108 valence electrons. The molecule has 2 aromatic rings. The molecule has 0 fully saturated rings. The molecule has 20 heavy (non-hydrogen) atoms. The van der Waals surface area contributed by atoms with Crippen molar-refractivity contribution in [3.05, 3.63) is 41.8 Å². The van der Waals surface area contributed by atoms with E-state index in [0.717, 1.165) is 6.07 Å². The van der Waals surface area contributed by atoms with Gasteiger partial charge in [0.1, 0.15) is 11.6 Å². The Hall–Kier alpha value is -1.89. The molecule has 0 saturated heterocycles. The van der Waals surface area contributed by atoms with Gasteiger partial charge in [-0.25, -0.2) is 17.5 Å². The zero-order chi connectivity index (χ0) is 14.9. The smallest absolute Gasteiger partial charge is 0.263 e. The average molecular weight is 297 g/mol. The van der Waals surface area contributed by atoms with Crippen LogP contribution in [0.25, 0.3) is 0 Å². The van der Waals surface area contributed by atoms with Gasteiger partial charge in [0.15, 0.2) is 0 Å². The second kappa shape index (κ2) is 5.24. The highest BCUT2D eigenvalue weighted by Gasteiger charge is 2.19. The van der Waals surface area contributed by atoms with Crippen LogP contribution in [0.3, 0.4) is 0 Å². The number of anilines is 1. The summed E-state index contributed by atoms with van der Waals surface area (Å²) >= 11 is 0. The summed E-state index contributed by atoms with van der Waals surface area (Å²) in [7, 11) is -3.76. The van der Waals surface area contributed by atoms with Crippen LogP contribution in [0, 0.1) is 12.7 Å². The topological polar surface area (TPSA) is 64.0 Å². The third kappa shape index (κ3) is 2.82. The summed E-state index contributed by atoms with van der Waals surface area (Å²) in [5.41, 5.74) is 0.355. The van der Waals surface area contributed by atoms with Crippen LogP contribution in [0.1, 0.15) is 25.5 Å². The van der Waals surface area contributed by atoms with E-state index in [2.05, 4.69) is 9.82 Å². The maximum atomic E-state index is 13.1. The number of nitrogens with zero attached hydrogens (tertiary/aromatic N) is 2. The summed E-state index contributed by atoms with van der Waals surface area (Å²) in [5, 5.41) is 4.06. The van der Waals surface area contributed by atoms with Crippen molar-refractivity contribution in [3.8, 4) is 0 Å². The van der Waals surface area contributed by atoms with E-state index in [1.807, 2.05) is 13.8 Å². The first kappa shape index (κ1) is 14.5. The Labute approximate surface area is 117 Å². The predicted octanol–water partition coefficient (Wildman–Crippen LogP) is 2.71. The number of nitrogens with one attached hydrogen (secondary N) is 1. The van der Waals surface area contributed by atoms with E-state index in [-0.39, 0.29) is 10.9 Å². The van der Waals surface area contributed by atoms with Crippen LogP contribution in [0.2, 0.25) is 0 Å². The van der Waals surface area contributed by atoms with Gasteiger partial charge in [-0.2, -0.15) is 5.10 Å². The normalized spacial score (nSPS) is 11.8. The Morgan fingerprint density at radius 1 is 1.30 bits per heavy atom. The fourth-order valence-corrected chi connectivity index (χ4v) is 3.19. The van der Waals surface area contributed by atoms with Gasteiger partial charge in [-0.3, -0.25) is 4.72 Å². The molecule has 0 aliphatic carbocycles. The standard InChI is InChI=1S/C13H16FN3O2S/c1-9(2)17-13(6-7-15-17)16-20(18,19)12-5-4-11(14)8-10(12)3/h4-9,16H,1-3H3. The minimum absolute atomic E-state index is 0.0250. The quantitative estimate of drug-likeness (QED) is 0.943. The zero-order valence-corrected chi connectivity index (χ0v) is 12.3. The maximum Gasteiger partial charge on any atom is 0.263 e. The molecule has 0 bridgehead atoms. The Bertz CT molecular complexity index is 723. The highest BCUT2D eigenvalue weighted by Crippen LogP contribution is 2.21. The largest absolute Gasteiger partial charge is 0.264 e. The minimum Gasteiger partial charge on any atom is -0.264 e. The van der Waals surface area contributed by atoms with Crippen molar-refractivity contribution in [1.82, 2.24) is 9.78 Å². The molecule has 0 aliphatic rings. The number of hydrogen-bond donors (Lipinski definition) is 1. The van der Waals surface area contributed by atoms with Crippen molar-refractivity contribution in [1.29, 1.82) is 0 Å². The van der Waals surface area contributed by atoms with Gasteiger partial charge < -0.3 is 0 Å². The number of sulfonamides is 1. The van der Waals surface area contributed by atoms with Crippen molar-refractivity contribution in [3.63, 3.8) is 0 Å². The lowest BCUT2D eigenvalue weighted by molar-refractivity contribution is 0.539. The molecule has 1 aromatic carbocycles. The molecule has 0 unspecified atom stereocenters. The third-order valence-electron chi connectivity index (χ3n) is 2.82. The lowest BCUT2D eigenvalue weighted by Crippen LogP contribution is -2.18. The van der Waals surface area contributed by atoms with Crippen molar-refractivity contribution in [2.75, 3.05) is 4.72 Å². The lowest BCUT2D eigenvalue weighted by atomic mass is 10.2. The van der Waals surface area contributed by atoms with E-state index in [1.54, 1.807) is 17.7 Å². The molecule has 0 radical (unpaired) electrons. The van der Waals surface area contributed by atoms with Gasteiger partial charge in [0.25, 0.3) is 10.0 Å². The van der Waals surface area contributed by atoms with Crippen molar-refractivity contribution in [2.45, 2.75) is 31.7 Å². The monoisotopic (exact) mass is 297 g/mol. The van der Waals surface area contributed by atoms with E-state index in [1.165, 1.54) is 18.3 Å². The highest BCUT2D eigenvalue weighted by molar-refractivity contribution is 7.92. The molecule has 0 spiro atoms. The van der Waals surface area contributed by atoms with Crippen molar-refractivity contribution >= 4 is 15.8 Å². The van der Waals surface area contributed by atoms with Crippen molar-refractivity contribution in [2.24, 2.45) is 0 Å². The second-order valence-electron chi connectivity index (χ2n) is 4.77. The number of halogens is 1. The SMILES string of the molecule is Cc1cc(F)ccc1S(=O)(=O)Nc1ccnn1C(C)C. The van der Waals surface area contributed by atoms with Crippen LogP contribution in [-0.2, 0) is 10.0 Å².